The second-order valence-electron chi connectivity index (χ2n) is 13.5. The van der Waals surface area contributed by atoms with E-state index in [4.69, 9.17) is 16.4 Å². The predicted molar refractivity (Wildman–Crippen MR) is 152 cm³/mol. The van der Waals surface area contributed by atoms with Crippen LogP contribution < -0.4 is 5.06 Å². The molecule has 0 aromatic heterocycles. The number of halogens is 2. The van der Waals surface area contributed by atoms with Gasteiger partial charge in [0.15, 0.2) is 17.1 Å². The van der Waals surface area contributed by atoms with E-state index < -0.39 is 39.5 Å². The van der Waals surface area contributed by atoms with Crippen LogP contribution in [-0.4, -0.2) is 59.2 Å². The number of hydroxylamine groups is 1. The lowest BCUT2D eigenvalue weighted by Gasteiger charge is -2.67. The molecule has 1 N–H and O–H groups in total. The Balaban J connectivity index is 1.50. The summed E-state index contributed by atoms with van der Waals surface area (Å²) in [4.78, 5) is 35.0. The van der Waals surface area contributed by atoms with Gasteiger partial charge >= 0.3 is 0 Å². The standard InChI is InChI=1S/C32H37ClFN3O4/c1-19-14-25-29(3)16-20-18-37(22-8-6-21(33)7-9-22)41-32(20,27(40)36(5)13-12-35)30(29,4)17-26(39)31(25,34)28(2)11-10-23(38)15-24(19)28/h6-11,15,19-20,25-26,39H,13-14,16-18H2,1-5H3. The summed E-state index contributed by atoms with van der Waals surface area (Å²) in [5.74, 6) is -1.51. The van der Waals surface area contributed by atoms with Gasteiger partial charge in [-0.05, 0) is 73.9 Å². The van der Waals surface area contributed by atoms with Gasteiger partial charge in [0.05, 0.1) is 24.4 Å². The van der Waals surface area contributed by atoms with Gasteiger partial charge in [-0.15, -0.1) is 0 Å². The van der Waals surface area contributed by atoms with Crippen LogP contribution in [0.2, 0.25) is 5.02 Å². The summed E-state index contributed by atoms with van der Waals surface area (Å²) in [7, 11) is 1.59. The lowest BCUT2D eigenvalue weighted by atomic mass is 9.39. The van der Waals surface area contributed by atoms with Crippen molar-refractivity contribution in [3.63, 3.8) is 0 Å². The minimum Gasteiger partial charge on any atom is -0.390 e. The zero-order valence-corrected chi connectivity index (χ0v) is 24.9. The van der Waals surface area contributed by atoms with Crippen LogP contribution in [0, 0.1) is 45.3 Å². The zero-order valence-electron chi connectivity index (χ0n) is 24.2. The van der Waals surface area contributed by atoms with Gasteiger partial charge in [-0.2, -0.15) is 5.26 Å². The number of allylic oxidation sites excluding steroid dienone is 4. The maximum atomic E-state index is 18.0. The molecule has 7 nitrogen and oxygen atoms in total. The molecule has 0 bridgehead atoms. The Morgan fingerprint density at radius 1 is 1.27 bits per heavy atom. The SMILES string of the molecule is CC1CC2C3(C)CC4CN(c5ccc(Cl)cc5)OC4(C(=O)N(C)CC#N)C3(C)CC(O)C2(F)C2(C)C=CC(=O)C=C12. The van der Waals surface area contributed by atoms with Crippen molar-refractivity contribution in [1.82, 2.24) is 4.90 Å². The van der Waals surface area contributed by atoms with Crippen molar-refractivity contribution in [2.24, 2.45) is 34.0 Å². The second kappa shape index (κ2) is 8.89. The third kappa shape index (κ3) is 3.31. The minimum absolute atomic E-state index is 0.00731. The Kier molecular flexibility index (Phi) is 6.16. The normalized spacial score (nSPS) is 44.3. The van der Waals surface area contributed by atoms with Crippen molar-refractivity contribution in [2.75, 3.05) is 25.2 Å². The highest BCUT2D eigenvalue weighted by Crippen LogP contribution is 2.78. The van der Waals surface area contributed by atoms with Gasteiger partial charge in [0, 0.05) is 34.7 Å². The number of likely N-dealkylation sites (N-methyl/N-ethyl adjacent to an activating group) is 1. The van der Waals surface area contributed by atoms with E-state index >= 15 is 4.39 Å². The number of nitrogens with zero attached hydrogens (tertiary/aromatic N) is 3. The molecule has 1 heterocycles. The second-order valence-corrected chi connectivity index (χ2v) is 14.0. The molecule has 3 saturated carbocycles. The third-order valence-electron chi connectivity index (χ3n) is 11.8. The van der Waals surface area contributed by atoms with Crippen LogP contribution >= 0.6 is 11.6 Å². The number of anilines is 1. The number of hydrogen-bond donors (Lipinski definition) is 1. The number of amides is 1. The molecule has 0 radical (unpaired) electrons. The molecule has 1 aromatic rings. The van der Waals surface area contributed by atoms with Crippen LogP contribution in [0.15, 0.2) is 48.1 Å². The number of carbonyl (C=O) groups is 2. The largest absolute Gasteiger partial charge is 0.390 e. The van der Waals surface area contributed by atoms with Gasteiger partial charge in [0.1, 0.15) is 6.54 Å². The highest BCUT2D eigenvalue weighted by molar-refractivity contribution is 6.30. The predicted octanol–water partition coefficient (Wildman–Crippen LogP) is 5.05. The number of rotatable bonds is 3. The first kappa shape index (κ1) is 28.4. The average molecular weight is 582 g/mol. The molecule has 1 saturated heterocycles. The van der Waals surface area contributed by atoms with Gasteiger partial charge in [-0.1, -0.05) is 44.0 Å². The summed E-state index contributed by atoms with van der Waals surface area (Å²) in [6.45, 7) is 8.13. The Morgan fingerprint density at radius 2 is 1.95 bits per heavy atom. The number of benzene rings is 1. The molecule has 9 unspecified atom stereocenters. The molecular formula is C32H37ClFN3O4. The topological polar surface area (TPSA) is 93.9 Å². The van der Waals surface area contributed by atoms with E-state index in [2.05, 4.69) is 13.0 Å². The minimum atomic E-state index is -2.05. The Morgan fingerprint density at radius 3 is 2.61 bits per heavy atom. The molecular weight excluding hydrogens is 545 g/mol. The maximum absolute atomic E-state index is 18.0. The third-order valence-corrected chi connectivity index (χ3v) is 12.1. The maximum Gasteiger partial charge on any atom is 0.259 e. The number of fused-ring (bicyclic) bond motifs is 7. The van der Waals surface area contributed by atoms with Crippen molar-refractivity contribution < 1.29 is 23.9 Å². The fraction of sp³-hybridized carbons (Fsp3) is 0.594. The summed E-state index contributed by atoms with van der Waals surface area (Å²) in [6.07, 6.45) is 4.14. The first-order chi connectivity index (χ1) is 19.2. The van der Waals surface area contributed by atoms with E-state index in [1.165, 1.54) is 11.0 Å². The fourth-order valence-corrected chi connectivity index (χ4v) is 9.80. The lowest BCUT2D eigenvalue weighted by molar-refractivity contribution is -0.257. The highest BCUT2D eigenvalue weighted by atomic mass is 35.5. The van der Waals surface area contributed by atoms with Gasteiger partial charge in [-0.25, -0.2) is 4.39 Å². The van der Waals surface area contributed by atoms with E-state index in [9.17, 15) is 20.0 Å². The molecule has 9 atom stereocenters. The number of alkyl halides is 1. The number of carbonyl (C=O) groups excluding carboxylic acids is 2. The van der Waals surface area contributed by atoms with E-state index in [0.29, 0.717) is 24.4 Å². The van der Waals surface area contributed by atoms with Crippen molar-refractivity contribution in [2.45, 2.75) is 64.3 Å². The number of hydrogen-bond acceptors (Lipinski definition) is 6. The summed E-state index contributed by atoms with van der Waals surface area (Å²) in [5.41, 5.74) is -4.88. The Bertz CT molecular complexity index is 1420. The first-order valence-corrected chi connectivity index (χ1v) is 14.7. The molecule has 9 heteroatoms. The smallest absolute Gasteiger partial charge is 0.259 e. The molecule has 218 valence electrons. The Labute approximate surface area is 245 Å². The molecule has 41 heavy (non-hydrogen) atoms. The van der Waals surface area contributed by atoms with E-state index in [0.717, 1.165) is 11.3 Å². The lowest BCUT2D eigenvalue weighted by Crippen LogP contribution is -2.73. The van der Waals surface area contributed by atoms with Crippen molar-refractivity contribution >= 4 is 29.0 Å². The molecule has 1 aromatic carbocycles. The molecule has 4 fully saturated rings. The van der Waals surface area contributed by atoms with Crippen LogP contribution in [0.5, 0.6) is 0 Å². The summed E-state index contributed by atoms with van der Waals surface area (Å²) in [6, 6.07) is 9.25. The van der Waals surface area contributed by atoms with Gasteiger partial charge in [-0.3, -0.25) is 19.5 Å². The van der Waals surface area contributed by atoms with E-state index in [-0.39, 0.29) is 36.5 Å². The van der Waals surface area contributed by atoms with Crippen molar-refractivity contribution in [3.8, 4) is 6.07 Å². The van der Waals surface area contributed by atoms with E-state index in [1.54, 1.807) is 43.3 Å². The van der Waals surface area contributed by atoms with Crippen LogP contribution in [0.25, 0.3) is 0 Å². The molecule has 4 aliphatic carbocycles. The van der Waals surface area contributed by atoms with E-state index in [1.807, 2.05) is 26.0 Å². The molecule has 6 rings (SSSR count). The first-order valence-electron chi connectivity index (χ1n) is 14.4. The van der Waals surface area contributed by atoms with Crippen molar-refractivity contribution in [1.29, 1.82) is 5.26 Å². The number of aliphatic hydroxyl groups is 1. The summed E-state index contributed by atoms with van der Waals surface area (Å²) in [5, 5.41) is 23.7. The van der Waals surface area contributed by atoms with Gasteiger partial charge < -0.3 is 10.0 Å². The number of aliphatic hydroxyl groups excluding tert-OH is 1. The van der Waals surface area contributed by atoms with Crippen LogP contribution in [-0.2, 0) is 14.4 Å². The summed E-state index contributed by atoms with van der Waals surface area (Å²) >= 11 is 6.13. The average Bonchev–Trinajstić information content (AvgIpc) is 3.38. The van der Waals surface area contributed by atoms with Crippen molar-refractivity contribution in [3.05, 3.63) is 53.1 Å². The summed E-state index contributed by atoms with van der Waals surface area (Å²) < 4.78 is 18.0. The Hall–Kier alpha value is -2.73. The molecule has 5 aliphatic rings. The quantitative estimate of drug-likeness (QED) is 0.502. The molecule has 1 aliphatic heterocycles. The van der Waals surface area contributed by atoms with Crippen LogP contribution in [0.1, 0.15) is 47.0 Å². The highest BCUT2D eigenvalue weighted by Gasteiger charge is 2.83. The van der Waals surface area contributed by atoms with Crippen LogP contribution in [0.3, 0.4) is 0 Å². The van der Waals surface area contributed by atoms with Crippen LogP contribution in [0.4, 0.5) is 10.1 Å². The fourth-order valence-electron chi connectivity index (χ4n) is 9.67. The number of ketones is 1. The molecule has 1 amide bonds. The number of nitriles is 1. The monoisotopic (exact) mass is 581 g/mol. The molecule has 0 spiro atoms. The van der Waals surface area contributed by atoms with Gasteiger partial charge in [0.25, 0.3) is 5.91 Å². The zero-order chi connectivity index (χ0) is 29.8. The van der Waals surface area contributed by atoms with Gasteiger partial charge in [0.2, 0.25) is 0 Å².